The first kappa shape index (κ1) is 14.9. The molecule has 1 aromatic heterocycles. The molecule has 0 bridgehead atoms. The van der Waals surface area contributed by atoms with E-state index in [2.05, 4.69) is 44.4 Å². The molecule has 0 spiro atoms. The Labute approximate surface area is 120 Å². The summed E-state index contributed by atoms with van der Waals surface area (Å²) >= 11 is 5.27. The third kappa shape index (κ3) is 3.66. The van der Waals surface area contributed by atoms with Crippen molar-refractivity contribution < 1.29 is 17.5 Å². The molecular formula is C12H14BrClNOS-. The van der Waals surface area contributed by atoms with Crippen LogP contribution < -0.4 is 12.4 Å². The summed E-state index contributed by atoms with van der Waals surface area (Å²) in [5, 5.41) is 12.4. The van der Waals surface area contributed by atoms with Crippen LogP contribution in [-0.4, -0.2) is 30.2 Å². The van der Waals surface area contributed by atoms with Gasteiger partial charge in [0.05, 0.1) is 6.61 Å². The van der Waals surface area contributed by atoms with Crippen molar-refractivity contribution in [1.82, 2.24) is 4.90 Å². The third-order valence-electron chi connectivity index (χ3n) is 2.54. The molecule has 0 radical (unpaired) electrons. The van der Waals surface area contributed by atoms with Crippen LogP contribution in [0.2, 0.25) is 0 Å². The third-order valence-corrected chi connectivity index (χ3v) is 4.04. The highest BCUT2D eigenvalue weighted by molar-refractivity contribution is 9.10. The van der Waals surface area contributed by atoms with Gasteiger partial charge in [-0.1, -0.05) is 15.9 Å². The summed E-state index contributed by atoms with van der Waals surface area (Å²) in [6.45, 7) is 1.81. The average molecular weight is 336 g/mol. The second kappa shape index (κ2) is 6.71. The standard InChI is InChI=1S/C12H14BrNOS.ClH/c1-14(4-5-15)7-9-8-16-12-3-2-10(13)6-11(9)12;/h2-3,6,8,15H,4-5,7H2,1H3;1H/p-1. The molecule has 2 aromatic rings. The van der Waals surface area contributed by atoms with E-state index in [-0.39, 0.29) is 19.0 Å². The van der Waals surface area contributed by atoms with Crippen LogP contribution in [0.1, 0.15) is 5.56 Å². The predicted molar refractivity (Wildman–Crippen MR) is 72.9 cm³/mol. The lowest BCUT2D eigenvalue weighted by Crippen LogP contribution is -3.00. The van der Waals surface area contributed by atoms with Crippen LogP contribution in [0.3, 0.4) is 0 Å². The minimum absolute atomic E-state index is 0. The number of thiophene rings is 1. The largest absolute Gasteiger partial charge is 1.00 e. The molecule has 94 valence electrons. The molecule has 0 fully saturated rings. The van der Waals surface area contributed by atoms with Crippen molar-refractivity contribution in [2.75, 3.05) is 20.2 Å². The van der Waals surface area contributed by atoms with Gasteiger partial charge in [0, 0.05) is 22.3 Å². The van der Waals surface area contributed by atoms with E-state index in [9.17, 15) is 0 Å². The highest BCUT2D eigenvalue weighted by Crippen LogP contribution is 2.29. The lowest BCUT2D eigenvalue weighted by molar-refractivity contribution is -0.00000435. The molecule has 0 unspecified atom stereocenters. The quantitative estimate of drug-likeness (QED) is 0.856. The molecule has 1 heterocycles. The van der Waals surface area contributed by atoms with Gasteiger partial charge in [-0.3, -0.25) is 4.90 Å². The summed E-state index contributed by atoms with van der Waals surface area (Å²) in [5.74, 6) is 0. The Bertz CT molecular complexity index is 488. The summed E-state index contributed by atoms with van der Waals surface area (Å²) in [6.07, 6.45) is 0. The Morgan fingerprint density at radius 1 is 1.41 bits per heavy atom. The molecule has 0 atom stereocenters. The van der Waals surface area contributed by atoms with E-state index in [0.29, 0.717) is 6.54 Å². The van der Waals surface area contributed by atoms with E-state index in [1.165, 1.54) is 15.6 Å². The fraction of sp³-hybridized carbons (Fsp3) is 0.333. The fourth-order valence-corrected chi connectivity index (χ4v) is 3.01. The molecule has 0 amide bonds. The van der Waals surface area contributed by atoms with Crippen molar-refractivity contribution >= 4 is 37.4 Å². The number of aliphatic hydroxyl groups is 1. The van der Waals surface area contributed by atoms with Gasteiger partial charge in [-0.2, -0.15) is 0 Å². The summed E-state index contributed by atoms with van der Waals surface area (Å²) < 4.78 is 2.43. The van der Waals surface area contributed by atoms with Gasteiger partial charge >= 0.3 is 0 Å². The lowest BCUT2D eigenvalue weighted by atomic mass is 10.2. The van der Waals surface area contributed by atoms with Gasteiger partial charge in [0.2, 0.25) is 0 Å². The molecule has 5 heteroatoms. The Kier molecular flexibility index (Phi) is 5.89. The molecule has 0 aliphatic rings. The van der Waals surface area contributed by atoms with Gasteiger partial charge in [0.15, 0.2) is 0 Å². The first-order valence-corrected chi connectivity index (χ1v) is 6.83. The SMILES string of the molecule is CN(CCO)Cc1csc2ccc(Br)cc12.[Cl-]. The number of hydrogen-bond donors (Lipinski definition) is 1. The minimum Gasteiger partial charge on any atom is -1.00 e. The molecule has 0 saturated carbocycles. The van der Waals surface area contributed by atoms with Crippen LogP contribution in [-0.2, 0) is 6.54 Å². The van der Waals surface area contributed by atoms with E-state index < -0.39 is 0 Å². The number of nitrogens with zero attached hydrogens (tertiary/aromatic N) is 1. The number of likely N-dealkylation sites (N-methyl/N-ethyl adjacent to an activating group) is 1. The van der Waals surface area contributed by atoms with Gasteiger partial charge in [0.25, 0.3) is 0 Å². The van der Waals surface area contributed by atoms with Gasteiger partial charge in [-0.05, 0) is 41.6 Å². The Morgan fingerprint density at radius 2 is 2.18 bits per heavy atom. The van der Waals surface area contributed by atoms with E-state index >= 15 is 0 Å². The van der Waals surface area contributed by atoms with Gasteiger partial charge in [-0.25, -0.2) is 0 Å². The molecule has 2 nitrogen and oxygen atoms in total. The first-order valence-electron chi connectivity index (χ1n) is 5.15. The number of halogens is 2. The first-order chi connectivity index (χ1) is 7.70. The normalized spacial score (nSPS) is 10.8. The lowest BCUT2D eigenvalue weighted by Gasteiger charge is -2.14. The summed E-state index contributed by atoms with van der Waals surface area (Å²) in [6, 6.07) is 6.37. The Hall–Kier alpha value is -0.130. The van der Waals surface area contributed by atoms with Crippen molar-refractivity contribution in [1.29, 1.82) is 0 Å². The van der Waals surface area contributed by atoms with Crippen molar-refractivity contribution in [2.24, 2.45) is 0 Å². The van der Waals surface area contributed by atoms with Crippen LogP contribution >= 0.6 is 27.3 Å². The molecule has 0 aliphatic heterocycles. The van der Waals surface area contributed by atoms with Gasteiger partial charge in [-0.15, -0.1) is 11.3 Å². The zero-order valence-corrected chi connectivity index (χ0v) is 12.6. The minimum atomic E-state index is 0. The zero-order chi connectivity index (χ0) is 11.5. The van der Waals surface area contributed by atoms with E-state index in [1.54, 1.807) is 11.3 Å². The van der Waals surface area contributed by atoms with Crippen LogP contribution in [0.5, 0.6) is 0 Å². The van der Waals surface area contributed by atoms with Crippen molar-refractivity contribution in [2.45, 2.75) is 6.54 Å². The molecule has 17 heavy (non-hydrogen) atoms. The topological polar surface area (TPSA) is 23.5 Å². The molecule has 1 aromatic carbocycles. The monoisotopic (exact) mass is 334 g/mol. The maximum Gasteiger partial charge on any atom is 0.0558 e. The molecule has 2 rings (SSSR count). The second-order valence-electron chi connectivity index (χ2n) is 3.86. The molecule has 0 saturated heterocycles. The predicted octanol–water partition coefficient (Wildman–Crippen LogP) is 0.0919. The number of fused-ring (bicyclic) bond motifs is 1. The molecule has 1 N–H and O–H groups in total. The van der Waals surface area contributed by atoms with Crippen LogP contribution in [0.15, 0.2) is 28.1 Å². The van der Waals surface area contributed by atoms with Crippen molar-refractivity contribution in [3.05, 3.63) is 33.6 Å². The zero-order valence-electron chi connectivity index (χ0n) is 9.49. The highest BCUT2D eigenvalue weighted by Gasteiger charge is 2.06. The second-order valence-corrected chi connectivity index (χ2v) is 5.69. The number of benzene rings is 1. The summed E-state index contributed by atoms with van der Waals surface area (Å²) in [4.78, 5) is 2.13. The maximum absolute atomic E-state index is 8.88. The maximum atomic E-state index is 8.88. The summed E-state index contributed by atoms with van der Waals surface area (Å²) in [7, 11) is 2.03. The summed E-state index contributed by atoms with van der Waals surface area (Å²) in [5.41, 5.74) is 1.33. The Balaban J connectivity index is 0.00000144. The van der Waals surface area contributed by atoms with Crippen molar-refractivity contribution in [3.8, 4) is 0 Å². The van der Waals surface area contributed by atoms with Gasteiger partial charge < -0.3 is 17.5 Å². The molecule has 0 aliphatic carbocycles. The van der Waals surface area contributed by atoms with Crippen LogP contribution in [0.25, 0.3) is 10.1 Å². The number of rotatable bonds is 4. The average Bonchev–Trinajstić information content (AvgIpc) is 2.61. The number of aliphatic hydroxyl groups excluding tert-OH is 1. The van der Waals surface area contributed by atoms with E-state index in [0.717, 1.165) is 11.0 Å². The Morgan fingerprint density at radius 3 is 2.88 bits per heavy atom. The smallest absolute Gasteiger partial charge is 0.0558 e. The van der Waals surface area contributed by atoms with Crippen LogP contribution in [0.4, 0.5) is 0 Å². The van der Waals surface area contributed by atoms with Crippen molar-refractivity contribution in [3.63, 3.8) is 0 Å². The van der Waals surface area contributed by atoms with E-state index in [4.69, 9.17) is 5.11 Å². The fourth-order valence-electron chi connectivity index (χ4n) is 1.72. The molecular weight excluding hydrogens is 322 g/mol. The number of hydrogen-bond acceptors (Lipinski definition) is 3. The van der Waals surface area contributed by atoms with Gasteiger partial charge in [0.1, 0.15) is 0 Å². The van der Waals surface area contributed by atoms with E-state index in [1.807, 2.05) is 7.05 Å². The highest BCUT2D eigenvalue weighted by atomic mass is 79.9. The van der Waals surface area contributed by atoms with Crippen LogP contribution in [0, 0.1) is 0 Å².